The van der Waals surface area contributed by atoms with Crippen molar-refractivity contribution in [1.29, 1.82) is 0 Å². The van der Waals surface area contributed by atoms with Crippen molar-refractivity contribution in [2.45, 2.75) is 13.0 Å². The minimum Gasteiger partial charge on any atom is -0.396 e. The van der Waals surface area contributed by atoms with Gasteiger partial charge in [-0.25, -0.2) is 4.68 Å². The van der Waals surface area contributed by atoms with E-state index >= 15 is 0 Å². The molecule has 4 heteroatoms. The fourth-order valence-electron chi connectivity index (χ4n) is 2.35. The molecule has 0 amide bonds. The van der Waals surface area contributed by atoms with E-state index in [4.69, 9.17) is 5.11 Å². The van der Waals surface area contributed by atoms with Crippen LogP contribution < -0.4 is 5.32 Å². The van der Waals surface area contributed by atoms with Gasteiger partial charge in [0.05, 0.1) is 5.69 Å². The van der Waals surface area contributed by atoms with Crippen LogP contribution in [-0.2, 0) is 13.0 Å². The van der Waals surface area contributed by atoms with Crippen LogP contribution in [0.3, 0.4) is 0 Å². The number of anilines is 1. The third kappa shape index (κ3) is 3.54. The molecule has 0 spiro atoms. The SMILES string of the molecule is OCCc1ccc(NCc2cccc(-n3cccn3)c2)cc1. The highest BCUT2D eigenvalue weighted by atomic mass is 16.2. The standard InChI is InChI=1S/C18H19N3O/c22-12-9-15-5-7-17(8-6-15)19-14-16-3-1-4-18(13-16)21-11-2-10-20-21/h1-8,10-11,13,19,22H,9,12,14H2. The number of benzene rings is 2. The first kappa shape index (κ1) is 14.4. The maximum atomic E-state index is 8.92. The second-order valence-corrected chi connectivity index (χ2v) is 5.14. The van der Waals surface area contributed by atoms with Crippen LogP contribution >= 0.6 is 0 Å². The largest absolute Gasteiger partial charge is 0.396 e. The van der Waals surface area contributed by atoms with Gasteiger partial charge in [0.2, 0.25) is 0 Å². The molecule has 1 aromatic heterocycles. The van der Waals surface area contributed by atoms with Gasteiger partial charge in [-0.1, -0.05) is 24.3 Å². The molecule has 112 valence electrons. The van der Waals surface area contributed by atoms with E-state index in [-0.39, 0.29) is 6.61 Å². The van der Waals surface area contributed by atoms with Crippen molar-refractivity contribution in [1.82, 2.24) is 9.78 Å². The van der Waals surface area contributed by atoms with E-state index < -0.39 is 0 Å². The Balaban J connectivity index is 1.65. The van der Waals surface area contributed by atoms with Crippen molar-refractivity contribution in [3.05, 3.63) is 78.1 Å². The number of aromatic nitrogens is 2. The van der Waals surface area contributed by atoms with Gasteiger partial charge in [0.1, 0.15) is 0 Å². The first-order valence-corrected chi connectivity index (χ1v) is 7.38. The predicted octanol–water partition coefficient (Wildman–Crippen LogP) is 3.02. The number of hydrogen-bond donors (Lipinski definition) is 2. The van der Waals surface area contributed by atoms with Gasteiger partial charge in [-0.3, -0.25) is 0 Å². The quantitative estimate of drug-likeness (QED) is 0.734. The Morgan fingerprint density at radius 1 is 1.00 bits per heavy atom. The molecule has 2 aromatic carbocycles. The molecular weight excluding hydrogens is 274 g/mol. The maximum absolute atomic E-state index is 8.92. The third-order valence-electron chi connectivity index (χ3n) is 3.53. The average molecular weight is 293 g/mol. The summed E-state index contributed by atoms with van der Waals surface area (Å²) in [6.45, 7) is 0.946. The van der Waals surface area contributed by atoms with Crippen molar-refractivity contribution < 1.29 is 5.11 Å². The predicted molar refractivity (Wildman–Crippen MR) is 88.1 cm³/mol. The van der Waals surface area contributed by atoms with E-state index in [1.165, 1.54) is 5.56 Å². The molecule has 2 N–H and O–H groups in total. The van der Waals surface area contributed by atoms with Crippen LogP contribution in [0.2, 0.25) is 0 Å². The molecule has 0 radical (unpaired) electrons. The summed E-state index contributed by atoms with van der Waals surface area (Å²) in [7, 11) is 0. The molecule has 3 aromatic rings. The second-order valence-electron chi connectivity index (χ2n) is 5.14. The normalized spacial score (nSPS) is 10.6. The summed E-state index contributed by atoms with van der Waals surface area (Å²) in [5.74, 6) is 0. The molecule has 0 fully saturated rings. The van der Waals surface area contributed by atoms with E-state index in [1.54, 1.807) is 6.20 Å². The number of nitrogens with zero attached hydrogens (tertiary/aromatic N) is 2. The molecule has 0 aliphatic carbocycles. The lowest BCUT2D eigenvalue weighted by Gasteiger charge is -2.09. The van der Waals surface area contributed by atoms with Gasteiger partial charge in [0.15, 0.2) is 0 Å². The molecule has 0 saturated carbocycles. The van der Waals surface area contributed by atoms with Crippen molar-refractivity contribution >= 4 is 5.69 Å². The molecule has 0 unspecified atom stereocenters. The van der Waals surface area contributed by atoms with Crippen molar-refractivity contribution in [3.8, 4) is 5.69 Å². The molecule has 22 heavy (non-hydrogen) atoms. The Morgan fingerprint density at radius 3 is 2.59 bits per heavy atom. The van der Waals surface area contributed by atoms with Crippen LogP contribution in [0, 0.1) is 0 Å². The lowest BCUT2D eigenvalue weighted by atomic mass is 10.1. The van der Waals surface area contributed by atoms with Crippen molar-refractivity contribution in [2.24, 2.45) is 0 Å². The van der Waals surface area contributed by atoms with Crippen LogP contribution in [-0.4, -0.2) is 21.5 Å². The zero-order valence-electron chi connectivity index (χ0n) is 12.3. The summed E-state index contributed by atoms with van der Waals surface area (Å²) in [5.41, 5.74) is 4.48. The Morgan fingerprint density at radius 2 is 1.86 bits per heavy atom. The number of aliphatic hydroxyl groups excluding tert-OH is 1. The minimum absolute atomic E-state index is 0.187. The van der Waals surface area contributed by atoms with Gasteiger partial charge in [0.25, 0.3) is 0 Å². The molecule has 0 saturated heterocycles. The van der Waals surface area contributed by atoms with Gasteiger partial charge in [-0.2, -0.15) is 5.10 Å². The molecule has 0 bridgehead atoms. The summed E-state index contributed by atoms with van der Waals surface area (Å²) in [6, 6.07) is 18.4. The van der Waals surface area contributed by atoms with E-state index in [2.05, 4.69) is 22.5 Å². The second kappa shape index (κ2) is 6.91. The van der Waals surface area contributed by atoms with Gasteiger partial charge >= 0.3 is 0 Å². The number of hydrogen-bond acceptors (Lipinski definition) is 3. The van der Waals surface area contributed by atoms with Crippen LogP contribution in [0.4, 0.5) is 5.69 Å². The number of aliphatic hydroxyl groups is 1. The summed E-state index contributed by atoms with van der Waals surface area (Å²) in [4.78, 5) is 0. The van der Waals surface area contributed by atoms with Crippen LogP contribution in [0.5, 0.6) is 0 Å². The molecular formula is C18H19N3O. The molecule has 1 heterocycles. The van der Waals surface area contributed by atoms with Crippen molar-refractivity contribution in [2.75, 3.05) is 11.9 Å². The highest BCUT2D eigenvalue weighted by Crippen LogP contribution is 2.14. The molecule has 3 rings (SSSR count). The molecule has 0 aliphatic heterocycles. The zero-order chi connectivity index (χ0) is 15.2. The monoisotopic (exact) mass is 293 g/mol. The first-order chi connectivity index (χ1) is 10.8. The van der Waals surface area contributed by atoms with Gasteiger partial charge in [-0.15, -0.1) is 0 Å². The van der Waals surface area contributed by atoms with Gasteiger partial charge in [0, 0.05) is 31.2 Å². The Kier molecular flexibility index (Phi) is 4.51. The Labute approximate surface area is 130 Å². The summed E-state index contributed by atoms with van der Waals surface area (Å²) in [6.07, 6.45) is 4.41. The smallest absolute Gasteiger partial charge is 0.0648 e. The first-order valence-electron chi connectivity index (χ1n) is 7.38. The number of rotatable bonds is 6. The van der Waals surface area contributed by atoms with E-state index in [0.717, 1.165) is 23.5 Å². The van der Waals surface area contributed by atoms with E-state index in [1.807, 2.05) is 53.3 Å². The molecule has 4 nitrogen and oxygen atoms in total. The Hall–Kier alpha value is -2.59. The van der Waals surface area contributed by atoms with E-state index in [0.29, 0.717) is 6.42 Å². The van der Waals surface area contributed by atoms with Gasteiger partial charge < -0.3 is 10.4 Å². The van der Waals surface area contributed by atoms with Crippen LogP contribution in [0.25, 0.3) is 5.69 Å². The lowest BCUT2D eigenvalue weighted by molar-refractivity contribution is 0.299. The topological polar surface area (TPSA) is 50.1 Å². The van der Waals surface area contributed by atoms with Gasteiger partial charge in [-0.05, 0) is 47.9 Å². The maximum Gasteiger partial charge on any atom is 0.0648 e. The molecule has 0 atom stereocenters. The number of nitrogens with one attached hydrogen (secondary N) is 1. The lowest BCUT2D eigenvalue weighted by Crippen LogP contribution is -2.01. The van der Waals surface area contributed by atoms with Crippen LogP contribution in [0.1, 0.15) is 11.1 Å². The fourth-order valence-corrected chi connectivity index (χ4v) is 2.35. The third-order valence-corrected chi connectivity index (χ3v) is 3.53. The Bertz CT molecular complexity index is 705. The molecule has 0 aliphatic rings. The highest BCUT2D eigenvalue weighted by molar-refractivity contribution is 5.46. The minimum atomic E-state index is 0.187. The highest BCUT2D eigenvalue weighted by Gasteiger charge is 1.99. The average Bonchev–Trinajstić information content (AvgIpc) is 3.09. The summed E-state index contributed by atoms with van der Waals surface area (Å²) in [5, 5.41) is 16.6. The fraction of sp³-hybridized carbons (Fsp3) is 0.167. The van der Waals surface area contributed by atoms with Crippen LogP contribution in [0.15, 0.2) is 67.0 Å². The zero-order valence-corrected chi connectivity index (χ0v) is 12.3. The summed E-state index contributed by atoms with van der Waals surface area (Å²) < 4.78 is 1.85. The van der Waals surface area contributed by atoms with E-state index in [9.17, 15) is 0 Å². The van der Waals surface area contributed by atoms with Crippen molar-refractivity contribution in [3.63, 3.8) is 0 Å². The summed E-state index contributed by atoms with van der Waals surface area (Å²) >= 11 is 0.